The molecule has 1 unspecified atom stereocenters. The third kappa shape index (κ3) is 9.85. The lowest BCUT2D eigenvalue weighted by Gasteiger charge is -2.08. The molecule has 84 valence electrons. The summed E-state index contributed by atoms with van der Waals surface area (Å²) >= 11 is 6.05. The first-order chi connectivity index (χ1) is 6.66. The number of unbranched alkanes of at least 4 members (excludes halogenated alkanes) is 3. The van der Waals surface area contributed by atoms with Crippen LogP contribution in [0.5, 0.6) is 0 Å². The lowest BCUT2D eigenvalue weighted by atomic mass is 10.1. The van der Waals surface area contributed by atoms with Crippen LogP contribution in [0.25, 0.3) is 0 Å². The van der Waals surface area contributed by atoms with Crippen molar-refractivity contribution in [3.63, 3.8) is 0 Å². The summed E-state index contributed by atoms with van der Waals surface area (Å²) in [6.07, 6.45) is 6.78. The third-order valence-electron chi connectivity index (χ3n) is 2.11. The van der Waals surface area contributed by atoms with Gasteiger partial charge in [-0.3, -0.25) is 4.79 Å². The number of alkyl halides is 1. The normalized spacial score (nSPS) is 12.5. The van der Waals surface area contributed by atoms with Gasteiger partial charge in [-0.2, -0.15) is 0 Å². The van der Waals surface area contributed by atoms with Crippen LogP contribution >= 0.6 is 11.6 Å². The van der Waals surface area contributed by atoms with E-state index in [1.165, 1.54) is 32.6 Å². The van der Waals surface area contributed by atoms with E-state index in [-0.39, 0.29) is 11.3 Å². The number of esters is 1. The summed E-state index contributed by atoms with van der Waals surface area (Å²) in [5.41, 5.74) is 0. The van der Waals surface area contributed by atoms with Gasteiger partial charge in [-0.05, 0) is 12.8 Å². The Morgan fingerprint density at radius 1 is 1.29 bits per heavy atom. The van der Waals surface area contributed by atoms with E-state index in [1.807, 2.05) is 0 Å². The zero-order valence-electron chi connectivity index (χ0n) is 9.22. The highest BCUT2D eigenvalue weighted by Crippen LogP contribution is 2.13. The molecule has 2 nitrogen and oxygen atoms in total. The zero-order chi connectivity index (χ0) is 10.8. The van der Waals surface area contributed by atoms with Crippen molar-refractivity contribution < 1.29 is 9.53 Å². The number of carbonyl (C=O) groups is 1. The van der Waals surface area contributed by atoms with E-state index in [4.69, 9.17) is 16.3 Å². The van der Waals surface area contributed by atoms with Crippen LogP contribution in [0.3, 0.4) is 0 Å². The Balaban J connectivity index is 3.19. The first-order valence-electron chi connectivity index (χ1n) is 5.44. The first-order valence-corrected chi connectivity index (χ1v) is 5.88. The number of hydrogen-bond acceptors (Lipinski definition) is 2. The van der Waals surface area contributed by atoms with Crippen molar-refractivity contribution in [2.24, 2.45) is 0 Å². The predicted molar refractivity (Wildman–Crippen MR) is 59.7 cm³/mol. The molecule has 0 spiro atoms. The molecule has 0 amide bonds. The average molecular weight is 221 g/mol. The molecule has 0 aliphatic heterocycles. The van der Waals surface area contributed by atoms with Crippen LogP contribution in [0.15, 0.2) is 0 Å². The monoisotopic (exact) mass is 220 g/mol. The number of carbonyl (C=O) groups excluding carboxylic acids is 1. The van der Waals surface area contributed by atoms with Gasteiger partial charge in [-0.25, -0.2) is 0 Å². The molecule has 0 saturated heterocycles. The van der Waals surface area contributed by atoms with E-state index in [9.17, 15) is 4.79 Å². The fraction of sp³-hybridized carbons (Fsp3) is 0.909. The SMILES string of the molecule is CCCCCCC(Cl)CCOC(C)=O. The topological polar surface area (TPSA) is 26.3 Å². The van der Waals surface area contributed by atoms with Gasteiger partial charge in [-0.1, -0.05) is 32.6 Å². The zero-order valence-corrected chi connectivity index (χ0v) is 9.98. The molecule has 0 aliphatic carbocycles. The summed E-state index contributed by atoms with van der Waals surface area (Å²) in [7, 11) is 0. The average Bonchev–Trinajstić information content (AvgIpc) is 2.12. The second-order valence-electron chi connectivity index (χ2n) is 3.58. The van der Waals surface area contributed by atoms with Gasteiger partial charge in [0.25, 0.3) is 0 Å². The van der Waals surface area contributed by atoms with Crippen molar-refractivity contribution in [2.45, 2.75) is 57.7 Å². The highest BCUT2D eigenvalue weighted by atomic mass is 35.5. The van der Waals surface area contributed by atoms with Crippen LogP contribution < -0.4 is 0 Å². The maximum atomic E-state index is 10.5. The largest absolute Gasteiger partial charge is 0.466 e. The molecular formula is C11H21ClO2. The van der Waals surface area contributed by atoms with Gasteiger partial charge in [-0.15, -0.1) is 11.6 Å². The minimum atomic E-state index is -0.222. The minimum Gasteiger partial charge on any atom is -0.466 e. The molecule has 0 aromatic heterocycles. The molecule has 0 heterocycles. The fourth-order valence-electron chi connectivity index (χ4n) is 1.27. The number of rotatable bonds is 8. The quantitative estimate of drug-likeness (QED) is 0.356. The summed E-state index contributed by atoms with van der Waals surface area (Å²) < 4.78 is 4.82. The molecule has 1 atom stereocenters. The van der Waals surface area contributed by atoms with Crippen LogP contribution in [0.4, 0.5) is 0 Å². The third-order valence-corrected chi connectivity index (χ3v) is 2.54. The molecule has 0 saturated carbocycles. The smallest absolute Gasteiger partial charge is 0.302 e. The second kappa shape index (κ2) is 9.32. The Morgan fingerprint density at radius 2 is 2.00 bits per heavy atom. The van der Waals surface area contributed by atoms with Gasteiger partial charge >= 0.3 is 5.97 Å². The Kier molecular flexibility index (Phi) is 9.16. The van der Waals surface area contributed by atoms with Crippen molar-refractivity contribution in [3.8, 4) is 0 Å². The van der Waals surface area contributed by atoms with E-state index < -0.39 is 0 Å². The number of halogens is 1. The summed E-state index contributed by atoms with van der Waals surface area (Å²) in [6, 6.07) is 0. The Morgan fingerprint density at radius 3 is 2.57 bits per heavy atom. The Labute approximate surface area is 92.0 Å². The van der Waals surface area contributed by atoms with Gasteiger partial charge in [0.1, 0.15) is 0 Å². The standard InChI is InChI=1S/C11H21ClO2/c1-3-4-5-6-7-11(12)8-9-14-10(2)13/h11H,3-9H2,1-2H3. The first kappa shape index (κ1) is 13.8. The maximum Gasteiger partial charge on any atom is 0.302 e. The van der Waals surface area contributed by atoms with E-state index in [1.54, 1.807) is 0 Å². The second-order valence-corrected chi connectivity index (χ2v) is 4.19. The highest BCUT2D eigenvalue weighted by molar-refractivity contribution is 6.20. The van der Waals surface area contributed by atoms with Crippen LogP contribution in [-0.4, -0.2) is 18.0 Å². The Hall–Kier alpha value is -0.240. The van der Waals surface area contributed by atoms with Crippen molar-refractivity contribution in [1.29, 1.82) is 0 Å². The molecule has 0 aromatic carbocycles. The van der Waals surface area contributed by atoms with E-state index in [0.717, 1.165) is 12.8 Å². The minimum absolute atomic E-state index is 0.159. The van der Waals surface area contributed by atoms with E-state index in [0.29, 0.717) is 6.61 Å². The van der Waals surface area contributed by atoms with E-state index >= 15 is 0 Å². The summed E-state index contributed by atoms with van der Waals surface area (Å²) in [4.78, 5) is 10.5. The molecule has 0 radical (unpaired) electrons. The molecular weight excluding hydrogens is 200 g/mol. The molecule has 0 fully saturated rings. The lowest BCUT2D eigenvalue weighted by molar-refractivity contribution is -0.141. The maximum absolute atomic E-state index is 10.5. The molecule has 0 aliphatic rings. The molecule has 0 N–H and O–H groups in total. The van der Waals surface area contributed by atoms with Crippen molar-refractivity contribution in [1.82, 2.24) is 0 Å². The van der Waals surface area contributed by atoms with Crippen molar-refractivity contribution in [3.05, 3.63) is 0 Å². The van der Waals surface area contributed by atoms with Gasteiger partial charge < -0.3 is 4.74 Å². The molecule has 3 heteroatoms. The van der Waals surface area contributed by atoms with Crippen LogP contribution in [0.2, 0.25) is 0 Å². The summed E-state index contributed by atoms with van der Waals surface area (Å²) in [5.74, 6) is -0.222. The van der Waals surface area contributed by atoms with Crippen LogP contribution in [0.1, 0.15) is 52.4 Å². The van der Waals surface area contributed by atoms with Gasteiger partial charge in [0.2, 0.25) is 0 Å². The fourth-order valence-corrected chi connectivity index (χ4v) is 1.51. The highest BCUT2D eigenvalue weighted by Gasteiger charge is 2.04. The lowest BCUT2D eigenvalue weighted by Crippen LogP contribution is -2.07. The van der Waals surface area contributed by atoms with E-state index in [2.05, 4.69) is 6.92 Å². The molecule has 0 rings (SSSR count). The van der Waals surface area contributed by atoms with Gasteiger partial charge in [0, 0.05) is 12.3 Å². The molecule has 14 heavy (non-hydrogen) atoms. The van der Waals surface area contributed by atoms with Crippen LogP contribution in [-0.2, 0) is 9.53 Å². The van der Waals surface area contributed by atoms with Gasteiger partial charge in [0.15, 0.2) is 0 Å². The Bertz CT molecular complexity index is 148. The van der Waals surface area contributed by atoms with Crippen molar-refractivity contribution >= 4 is 17.6 Å². The number of hydrogen-bond donors (Lipinski definition) is 0. The van der Waals surface area contributed by atoms with Crippen molar-refractivity contribution in [2.75, 3.05) is 6.61 Å². The summed E-state index contributed by atoms with van der Waals surface area (Å²) in [6.45, 7) is 4.07. The number of ether oxygens (including phenoxy) is 1. The van der Waals surface area contributed by atoms with Crippen LogP contribution in [0, 0.1) is 0 Å². The molecule has 0 bridgehead atoms. The predicted octanol–water partition coefficient (Wildman–Crippen LogP) is 3.52. The summed E-state index contributed by atoms with van der Waals surface area (Å²) in [5, 5.41) is 0.159. The van der Waals surface area contributed by atoms with Gasteiger partial charge in [0.05, 0.1) is 6.61 Å². The molecule has 0 aromatic rings.